The normalized spacial score (nSPS) is 19.9. The lowest BCUT2D eigenvalue weighted by Gasteiger charge is -2.24. The topological polar surface area (TPSA) is 79.7 Å². The average molecular weight is 433 g/mol. The van der Waals surface area contributed by atoms with Gasteiger partial charge in [-0.1, -0.05) is 12.1 Å². The summed E-state index contributed by atoms with van der Waals surface area (Å²) >= 11 is 1.45. The van der Waals surface area contributed by atoms with Crippen molar-refractivity contribution in [2.45, 2.75) is 25.4 Å². The number of fused-ring (bicyclic) bond motifs is 1. The summed E-state index contributed by atoms with van der Waals surface area (Å²) in [7, 11) is 0. The lowest BCUT2D eigenvalue weighted by Crippen LogP contribution is -2.28. The molecule has 0 spiro atoms. The van der Waals surface area contributed by atoms with Crippen molar-refractivity contribution >= 4 is 28.8 Å². The Morgan fingerprint density at radius 1 is 1.23 bits per heavy atom. The number of ether oxygens (including phenoxy) is 1. The predicted octanol–water partition coefficient (Wildman–Crippen LogP) is 4.09. The second-order valence-corrected chi connectivity index (χ2v) is 8.56. The number of thiophene rings is 1. The highest BCUT2D eigenvalue weighted by Crippen LogP contribution is 2.42. The molecule has 5 rings (SSSR count). The van der Waals surface area contributed by atoms with Crippen LogP contribution in [0, 0.1) is 0 Å². The van der Waals surface area contributed by atoms with Crippen molar-refractivity contribution < 1.29 is 19.4 Å². The highest BCUT2D eigenvalue weighted by atomic mass is 32.1. The molecule has 1 atom stereocenters. The van der Waals surface area contributed by atoms with Crippen LogP contribution in [0.15, 0.2) is 65.8 Å². The first kappa shape index (κ1) is 19.5. The van der Waals surface area contributed by atoms with E-state index in [0.29, 0.717) is 12.2 Å². The monoisotopic (exact) mass is 432 g/mol. The standard InChI is InChI=1S/C24H20N2O4S/c27-22(17-7-8-18-16(12-17)5-2-10-30-18)20-21(19-6-3-11-31-19)26(24(29)23(20)28)14-15-4-1-9-25-13-15/h1,3-4,6-9,11-13,21,27H,2,5,10,14H2/b22-20-. The molecule has 1 fully saturated rings. The quantitative estimate of drug-likeness (QED) is 0.382. The van der Waals surface area contributed by atoms with Crippen molar-refractivity contribution in [3.05, 3.63) is 87.4 Å². The zero-order valence-electron chi connectivity index (χ0n) is 16.7. The molecule has 4 heterocycles. The Labute approximate surface area is 183 Å². The predicted molar refractivity (Wildman–Crippen MR) is 117 cm³/mol. The third kappa shape index (κ3) is 3.51. The lowest BCUT2D eigenvalue weighted by molar-refractivity contribution is -0.140. The van der Waals surface area contributed by atoms with Crippen LogP contribution in [0.3, 0.4) is 0 Å². The third-order valence-electron chi connectivity index (χ3n) is 5.61. The first-order valence-corrected chi connectivity index (χ1v) is 11.0. The van der Waals surface area contributed by atoms with Crippen molar-refractivity contribution in [3.63, 3.8) is 0 Å². The number of carbonyl (C=O) groups is 2. The summed E-state index contributed by atoms with van der Waals surface area (Å²) in [6, 6.07) is 12.2. The number of ketones is 1. The number of aliphatic hydroxyl groups is 1. The average Bonchev–Trinajstić information content (AvgIpc) is 3.42. The van der Waals surface area contributed by atoms with Crippen molar-refractivity contribution in [1.82, 2.24) is 9.88 Å². The maximum absolute atomic E-state index is 13.1. The zero-order valence-corrected chi connectivity index (χ0v) is 17.5. The molecule has 0 radical (unpaired) electrons. The number of aliphatic hydroxyl groups excluding tert-OH is 1. The number of rotatable bonds is 4. The van der Waals surface area contributed by atoms with Gasteiger partial charge in [0, 0.05) is 29.4 Å². The Bertz CT molecular complexity index is 1170. The molecule has 2 aliphatic rings. The molecule has 0 aliphatic carbocycles. The van der Waals surface area contributed by atoms with Crippen molar-refractivity contribution in [3.8, 4) is 5.75 Å². The van der Waals surface area contributed by atoms with E-state index in [1.165, 1.54) is 16.2 Å². The molecule has 1 saturated heterocycles. The van der Waals surface area contributed by atoms with E-state index < -0.39 is 17.7 Å². The summed E-state index contributed by atoms with van der Waals surface area (Å²) in [6.45, 7) is 0.909. The largest absolute Gasteiger partial charge is 0.507 e. The molecule has 2 aromatic heterocycles. The number of aromatic nitrogens is 1. The van der Waals surface area contributed by atoms with E-state index in [4.69, 9.17) is 4.74 Å². The van der Waals surface area contributed by atoms with E-state index in [1.54, 1.807) is 24.5 Å². The number of likely N-dealkylation sites (tertiary alicyclic amines) is 1. The van der Waals surface area contributed by atoms with Crippen molar-refractivity contribution in [1.29, 1.82) is 0 Å². The number of hydrogen-bond acceptors (Lipinski definition) is 6. The van der Waals surface area contributed by atoms with Crippen LogP contribution in [-0.4, -0.2) is 33.3 Å². The van der Waals surface area contributed by atoms with Crippen LogP contribution in [0.5, 0.6) is 5.75 Å². The Morgan fingerprint density at radius 2 is 2.13 bits per heavy atom. The number of carbonyl (C=O) groups excluding carboxylic acids is 2. The molecule has 6 nitrogen and oxygen atoms in total. The summed E-state index contributed by atoms with van der Waals surface area (Å²) in [6.07, 6.45) is 5.09. The molecule has 156 valence electrons. The zero-order chi connectivity index (χ0) is 21.4. The molecule has 1 aromatic carbocycles. The van der Waals surface area contributed by atoms with Crippen LogP contribution in [0.2, 0.25) is 0 Å². The fraction of sp³-hybridized carbons (Fsp3) is 0.208. The Balaban J connectivity index is 1.60. The summed E-state index contributed by atoms with van der Waals surface area (Å²) in [4.78, 5) is 32.5. The Hall–Kier alpha value is -3.45. The maximum atomic E-state index is 13.1. The summed E-state index contributed by atoms with van der Waals surface area (Å²) in [5, 5.41) is 13.1. The summed E-state index contributed by atoms with van der Waals surface area (Å²) in [5.41, 5.74) is 2.45. The number of Topliss-reactive ketones (excluding diaryl/α,β-unsaturated/α-hetero) is 1. The molecule has 7 heteroatoms. The molecule has 31 heavy (non-hydrogen) atoms. The van der Waals surface area contributed by atoms with Crippen LogP contribution < -0.4 is 4.74 Å². The number of benzene rings is 1. The van der Waals surface area contributed by atoms with Gasteiger partial charge in [0.05, 0.1) is 18.2 Å². The van der Waals surface area contributed by atoms with Gasteiger partial charge >= 0.3 is 0 Å². The lowest BCUT2D eigenvalue weighted by atomic mass is 9.97. The van der Waals surface area contributed by atoms with Crippen molar-refractivity contribution in [2.75, 3.05) is 6.61 Å². The second-order valence-electron chi connectivity index (χ2n) is 7.58. The smallest absolute Gasteiger partial charge is 0.295 e. The van der Waals surface area contributed by atoms with Gasteiger partial charge in [-0.2, -0.15) is 0 Å². The van der Waals surface area contributed by atoms with Crippen LogP contribution >= 0.6 is 11.3 Å². The van der Waals surface area contributed by atoms with E-state index in [0.717, 1.165) is 34.6 Å². The molecular formula is C24H20N2O4S. The van der Waals surface area contributed by atoms with E-state index in [1.807, 2.05) is 35.7 Å². The van der Waals surface area contributed by atoms with Gasteiger partial charge in [-0.3, -0.25) is 14.6 Å². The van der Waals surface area contributed by atoms with Crippen LogP contribution in [0.4, 0.5) is 0 Å². The minimum absolute atomic E-state index is 0.119. The van der Waals surface area contributed by atoms with Gasteiger partial charge in [-0.25, -0.2) is 0 Å². The summed E-state index contributed by atoms with van der Waals surface area (Å²) in [5.74, 6) is -0.646. The number of pyridine rings is 1. The Morgan fingerprint density at radius 3 is 2.90 bits per heavy atom. The van der Waals surface area contributed by atoms with Gasteiger partial charge in [-0.05, 0) is 59.7 Å². The minimum Gasteiger partial charge on any atom is -0.507 e. The molecule has 1 amide bonds. The number of nitrogens with zero attached hydrogens (tertiary/aromatic N) is 2. The fourth-order valence-corrected chi connectivity index (χ4v) is 4.98. The van der Waals surface area contributed by atoms with Gasteiger partial charge in [0.1, 0.15) is 11.5 Å². The van der Waals surface area contributed by atoms with E-state index in [2.05, 4.69) is 4.98 Å². The van der Waals surface area contributed by atoms with E-state index in [-0.39, 0.29) is 17.9 Å². The fourth-order valence-electron chi connectivity index (χ4n) is 4.14. The van der Waals surface area contributed by atoms with Crippen LogP contribution in [0.1, 0.15) is 34.0 Å². The molecule has 2 aliphatic heterocycles. The molecule has 3 aromatic rings. The van der Waals surface area contributed by atoms with Crippen molar-refractivity contribution in [2.24, 2.45) is 0 Å². The van der Waals surface area contributed by atoms with Gasteiger partial charge in [0.2, 0.25) is 0 Å². The molecular weight excluding hydrogens is 412 g/mol. The van der Waals surface area contributed by atoms with Gasteiger partial charge in [-0.15, -0.1) is 11.3 Å². The Kier molecular flexibility index (Phi) is 5.03. The first-order valence-electron chi connectivity index (χ1n) is 10.1. The molecule has 1 N–H and O–H groups in total. The SMILES string of the molecule is O=C1C(=O)N(Cc2cccnc2)C(c2cccs2)/C1=C(/O)c1ccc2c(c1)CCCO2. The highest BCUT2D eigenvalue weighted by molar-refractivity contribution is 7.10. The van der Waals surface area contributed by atoms with Gasteiger partial charge in [0.25, 0.3) is 11.7 Å². The minimum atomic E-state index is -0.672. The molecule has 1 unspecified atom stereocenters. The van der Waals surface area contributed by atoms with Crippen LogP contribution in [0.25, 0.3) is 5.76 Å². The number of hydrogen-bond donors (Lipinski definition) is 1. The number of aryl methyl sites for hydroxylation is 1. The van der Waals surface area contributed by atoms with Gasteiger partial charge < -0.3 is 14.7 Å². The summed E-state index contributed by atoms with van der Waals surface area (Å²) < 4.78 is 5.65. The van der Waals surface area contributed by atoms with Crippen LogP contribution in [-0.2, 0) is 22.6 Å². The van der Waals surface area contributed by atoms with E-state index >= 15 is 0 Å². The first-order chi connectivity index (χ1) is 15.1. The van der Waals surface area contributed by atoms with Gasteiger partial charge in [0.15, 0.2) is 0 Å². The highest BCUT2D eigenvalue weighted by Gasteiger charge is 2.46. The maximum Gasteiger partial charge on any atom is 0.295 e. The molecule has 0 saturated carbocycles. The second kappa shape index (κ2) is 8.00. The third-order valence-corrected chi connectivity index (χ3v) is 6.54. The van der Waals surface area contributed by atoms with E-state index in [9.17, 15) is 14.7 Å². The molecule has 0 bridgehead atoms. The number of amides is 1.